The Labute approximate surface area is 99.3 Å². The minimum Gasteiger partial charge on any atom is -0.252 e. The zero-order chi connectivity index (χ0) is 11.7. The smallest absolute Gasteiger partial charge is 0.0850 e. The average molecular weight is 226 g/mol. The molecule has 0 radical (unpaired) electrons. The molecule has 0 aromatic heterocycles. The van der Waals surface area contributed by atoms with Gasteiger partial charge in [-0.1, -0.05) is 20.8 Å². The predicted octanol–water partition coefficient (Wildman–Crippen LogP) is 3.82. The maximum absolute atomic E-state index is 8.72. The number of rotatable bonds is 2. The molecular formula is C14H26O2. The highest BCUT2D eigenvalue weighted by Gasteiger charge is 2.40. The molecule has 3 rings (SSSR count). The predicted molar refractivity (Wildman–Crippen MR) is 65.0 cm³/mol. The number of hydrogen-bond acceptors (Lipinski definition) is 2. The van der Waals surface area contributed by atoms with Gasteiger partial charge in [0.1, 0.15) is 0 Å². The van der Waals surface area contributed by atoms with E-state index in [0.717, 1.165) is 23.7 Å². The van der Waals surface area contributed by atoms with E-state index in [0.29, 0.717) is 18.4 Å². The lowest BCUT2D eigenvalue weighted by atomic mass is 9.60. The van der Waals surface area contributed by atoms with Gasteiger partial charge in [-0.3, -0.25) is 5.26 Å². The zero-order valence-electron chi connectivity index (χ0n) is 10.9. The first-order valence-electron chi connectivity index (χ1n) is 6.89. The molecule has 0 amide bonds. The second kappa shape index (κ2) is 5.05. The first-order chi connectivity index (χ1) is 7.63. The third-order valence-corrected chi connectivity index (χ3v) is 5.46. The summed E-state index contributed by atoms with van der Waals surface area (Å²) in [4.78, 5) is 4.44. The van der Waals surface area contributed by atoms with Gasteiger partial charge in [-0.2, -0.15) is 0 Å². The number of hydrogen-bond donors (Lipinski definition) is 1. The molecule has 3 fully saturated rings. The van der Waals surface area contributed by atoms with Crippen molar-refractivity contribution in [2.24, 2.45) is 35.5 Å². The van der Waals surface area contributed by atoms with Crippen molar-refractivity contribution in [3.05, 3.63) is 0 Å². The van der Waals surface area contributed by atoms with Crippen molar-refractivity contribution in [3.8, 4) is 0 Å². The summed E-state index contributed by atoms with van der Waals surface area (Å²) in [6, 6.07) is 0. The Morgan fingerprint density at radius 2 is 1.81 bits per heavy atom. The summed E-state index contributed by atoms with van der Waals surface area (Å²) in [7, 11) is 0. The summed E-state index contributed by atoms with van der Waals surface area (Å²) in [6.45, 7) is 7.70. The van der Waals surface area contributed by atoms with Crippen molar-refractivity contribution in [1.82, 2.24) is 0 Å². The molecular weight excluding hydrogens is 200 g/mol. The summed E-state index contributed by atoms with van der Waals surface area (Å²) >= 11 is 0. The zero-order valence-corrected chi connectivity index (χ0v) is 10.9. The minimum atomic E-state index is 0.529. The van der Waals surface area contributed by atoms with Crippen molar-refractivity contribution < 1.29 is 10.1 Å². The Morgan fingerprint density at radius 3 is 2.44 bits per heavy atom. The van der Waals surface area contributed by atoms with Crippen molar-refractivity contribution in [2.45, 2.75) is 46.5 Å². The first-order valence-corrected chi connectivity index (χ1v) is 6.89. The normalized spacial score (nSPS) is 48.8. The fraction of sp³-hybridized carbons (Fsp3) is 1.00. The third-order valence-electron chi connectivity index (χ3n) is 5.46. The molecule has 16 heavy (non-hydrogen) atoms. The van der Waals surface area contributed by atoms with Crippen LogP contribution in [0, 0.1) is 35.5 Å². The molecule has 94 valence electrons. The van der Waals surface area contributed by atoms with Crippen LogP contribution in [0.3, 0.4) is 0 Å². The fourth-order valence-electron chi connectivity index (χ4n) is 4.31. The van der Waals surface area contributed by atoms with Crippen molar-refractivity contribution in [1.29, 1.82) is 0 Å². The van der Waals surface area contributed by atoms with Gasteiger partial charge in [-0.25, -0.2) is 4.89 Å². The average Bonchev–Trinajstić information content (AvgIpc) is 2.26. The summed E-state index contributed by atoms with van der Waals surface area (Å²) in [5.74, 6) is 4.68. The van der Waals surface area contributed by atoms with E-state index in [1.165, 1.54) is 25.7 Å². The molecule has 0 aromatic rings. The monoisotopic (exact) mass is 226 g/mol. The maximum Gasteiger partial charge on any atom is 0.0850 e. The van der Waals surface area contributed by atoms with Gasteiger partial charge in [0, 0.05) is 0 Å². The minimum absolute atomic E-state index is 0.529. The van der Waals surface area contributed by atoms with Crippen LogP contribution < -0.4 is 0 Å². The van der Waals surface area contributed by atoms with E-state index in [1.54, 1.807) is 0 Å². The molecule has 2 nitrogen and oxygen atoms in total. The molecule has 0 heterocycles. The number of fused-ring (bicyclic) bond motifs is 5. The molecule has 2 bridgehead atoms. The lowest BCUT2D eigenvalue weighted by Crippen LogP contribution is -2.39. The van der Waals surface area contributed by atoms with Crippen molar-refractivity contribution >= 4 is 0 Å². The van der Waals surface area contributed by atoms with Gasteiger partial charge in [0.05, 0.1) is 6.61 Å². The highest BCUT2D eigenvalue weighted by molar-refractivity contribution is 4.89. The van der Waals surface area contributed by atoms with Gasteiger partial charge in [0.2, 0.25) is 0 Å². The van der Waals surface area contributed by atoms with E-state index < -0.39 is 0 Å². The molecule has 0 aliphatic heterocycles. The maximum atomic E-state index is 8.72. The van der Waals surface area contributed by atoms with Gasteiger partial charge >= 0.3 is 0 Å². The molecule has 6 atom stereocenters. The summed E-state index contributed by atoms with van der Waals surface area (Å²) in [5, 5.41) is 8.72. The van der Waals surface area contributed by atoms with E-state index >= 15 is 0 Å². The van der Waals surface area contributed by atoms with Gasteiger partial charge in [0.25, 0.3) is 0 Å². The Balaban J connectivity index is 2.14. The van der Waals surface area contributed by atoms with E-state index in [9.17, 15) is 0 Å². The van der Waals surface area contributed by atoms with Crippen molar-refractivity contribution in [3.63, 3.8) is 0 Å². The summed E-state index contributed by atoms with van der Waals surface area (Å²) < 4.78 is 0. The van der Waals surface area contributed by atoms with Crippen LogP contribution in [-0.2, 0) is 4.89 Å². The quantitative estimate of drug-likeness (QED) is 0.573. The van der Waals surface area contributed by atoms with Crippen LogP contribution in [0.5, 0.6) is 0 Å². The summed E-state index contributed by atoms with van der Waals surface area (Å²) in [6.07, 6.45) is 5.46. The SMILES string of the molecule is CC1CC(COO)C(C)C2CCC1CC2C. The molecule has 6 unspecified atom stereocenters. The molecule has 3 aliphatic carbocycles. The third kappa shape index (κ3) is 2.28. The van der Waals surface area contributed by atoms with Gasteiger partial charge in [0.15, 0.2) is 0 Å². The fourth-order valence-corrected chi connectivity index (χ4v) is 4.31. The molecule has 0 saturated heterocycles. The first kappa shape index (κ1) is 12.4. The van der Waals surface area contributed by atoms with Gasteiger partial charge < -0.3 is 0 Å². The van der Waals surface area contributed by atoms with Crippen LogP contribution >= 0.6 is 0 Å². The molecule has 0 aromatic carbocycles. The lowest BCUT2D eigenvalue weighted by Gasteiger charge is -2.46. The Kier molecular flexibility index (Phi) is 3.91. The molecule has 1 N–H and O–H groups in total. The van der Waals surface area contributed by atoms with Crippen LogP contribution in [0.1, 0.15) is 46.5 Å². The topological polar surface area (TPSA) is 29.5 Å². The van der Waals surface area contributed by atoms with Crippen LogP contribution in [0.4, 0.5) is 0 Å². The van der Waals surface area contributed by atoms with Crippen LogP contribution in [0.2, 0.25) is 0 Å². The molecule has 2 heteroatoms. The van der Waals surface area contributed by atoms with Gasteiger partial charge in [-0.15, -0.1) is 0 Å². The highest BCUT2D eigenvalue weighted by atomic mass is 17.1. The molecule has 0 spiro atoms. The Morgan fingerprint density at radius 1 is 1.06 bits per heavy atom. The van der Waals surface area contributed by atoms with E-state index in [1.807, 2.05) is 0 Å². The second-order valence-corrected chi connectivity index (χ2v) is 6.34. The van der Waals surface area contributed by atoms with Crippen LogP contribution in [0.25, 0.3) is 0 Å². The largest absolute Gasteiger partial charge is 0.252 e. The van der Waals surface area contributed by atoms with E-state index in [-0.39, 0.29) is 0 Å². The molecule has 3 aliphatic rings. The lowest BCUT2D eigenvalue weighted by molar-refractivity contribution is -0.257. The van der Waals surface area contributed by atoms with E-state index in [4.69, 9.17) is 5.26 Å². The van der Waals surface area contributed by atoms with Gasteiger partial charge in [-0.05, 0) is 61.2 Å². The molecule has 3 saturated carbocycles. The van der Waals surface area contributed by atoms with Crippen LogP contribution in [-0.4, -0.2) is 11.9 Å². The van der Waals surface area contributed by atoms with Crippen molar-refractivity contribution in [2.75, 3.05) is 6.61 Å². The Hall–Kier alpha value is -0.0800. The summed E-state index contributed by atoms with van der Waals surface area (Å²) in [5.41, 5.74) is 0. The second-order valence-electron chi connectivity index (χ2n) is 6.34. The highest BCUT2D eigenvalue weighted by Crippen LogP contribution is 2.48. The van der Waals surface area contributed by atoms with Crippen LogP contribution in [0.15, 0.2) is 0 Å². The van der Waals surface area contributed by atoms with E-state index in [2.05, 4.69) is 25.7 Å². The standard InChI is InChI=1S/C14H26O2/c1-9-6-13(8-16-15)11(3)14-5-4-12(9)7-10(14)2/h9-15H,4-8H2,1-3H3. The Bertz CT molecular complexity index is 229.